The topological polar surface area (TPSA) is 118 Å². The first-order chi connectivity index (χ1) is 21.2. The molecular formula is C31H29F6N5O3. The standard InChI is InChI=1S/C31H29F6N5O3/c32-30(33,34)16-8-12-21(20(26(38)43)15-17-31(35,36)37)28(44)41-27-29(45)42(24-14-6-7-18-39-24)23-13-5-4-11-22(23)25(40-27)19-9-2-1-3-10-19/h1-7,9-11,13-14,18,20-21,27H,8,12,15-17H2,(H2,38,43)(H,41,44)/t20-,21+,27-/m1/s1. The van der Waals surface area contributed by atoms with Crippen LogP contribution in [0.1, 0.15) is 43.2 Å². The van der Waals surface area contributed by atoms with Crippen molar-refractivity contribution in [3.63, 3.8) is 0 Å². The summed E-state index contributed by atoms with van der Waals surface area (Å²) in [6, 6.07) is 20.2. The molecule has 3 N–H and O–H groups in total. The zero-order valence-electron chi connectivity index (χ0n) is 23.7. The van der Waals surface area contributed by atoms with Gasteiger partial charge in [-0.25, -0.2) is 9.98 Å². The van der Waals surface area contributed by atoms with Crippen LogP contribution in [0.5, 0.6) is 0 Å². The highest BCUT2D eigenvalue weighted by Crippen LogP contribution is 2.34. The van der Waals surface area contributed by atoms with Crippen molar-refractivity contribution >= 4 is 34.9 Å². The first-order valence-corrected chi connectivity index (χ1v) is 14.0. The van der Waals surface area contributed by atoms with Crippen molar-refractivity contribution < 1.29 is 40.7 Å². The average molecular weight is 634 g/mol. The molecule has 238 valence electrons. The second kappa shape index (κ2) is 13.9. The summed E-state index contributed by atoms with van der Waals surface area (Å²) < 4.78 is 78.1. The van der Waals surface area contributed by atoms with Gasteiger partial charge in [0.15, 0.2) is 0 Å². The fourth-order valence-corrected chi connectivity index (χ4v) is 5.15. The number of anilines is 2. The Morgan fingerprint density at radius 2 is 1.49 bits per heavy atom. The lowest BCUT2D eigenvalue weighted by molar-refractivity contribution is -0.147. The monoisotopic (exact) mass is 633 g/mol. The van der Waals surface area contributed by atoms with Gasteiger partial charge in [-0.1, -0.05) is 54.6 Å². The van der Waals surface area contributed by atoms with Gasteiger partial charge in [-0.05, 0) is 37.5 Å². The number of aromatic nitrogens is 1. The number of nitrogens with one attached hydrogen (secondary N) is 1. The van der Waals surface area contributed by atoms with Crippen LogP contribution >= 0.6 is 0 Å². The minimum atomic E-state index is -4.72. The van der Waals surface area contributed by atoms with Crippen LogP contribution in [0, 0.1) is 11.8 Å². The maximum absolute atomic E-state index is 14.1. The van der Waals surface area contributed by atoms with Gasteiger partial charge in [0.25, 0.3) is 5.91 Å². The largest absolute Gasteiger partial charge is 0.389 e. The molecule has 0 bridgehead atoms. The smallest absolute Gasteiger partial charge is 0.369 e. The molecule has 3 atom stereocenters. The van der Waals surface area contributed by atoms with Gasteiger partial charge < -0.3 is 11.1 Å². The van der Waals surface area contributed by atoms with E-state index in [2.05, 4.69) is 15.3 Å². The third-order valence-electron chi connectivity index (χ3n) is 7.22. The number of primary amides is 1. The Balaban J connectivity index is 1.78. The predicted molar refractivity (Wildman–Crippen MR) is 153 cm³/mol. The van der Waals surface area contributed by atoms with Gasteiger partial charge in [-0.3, -0.25) is 19.3 Å². The van der Waals surface area contributed by atoms with E-state index in [9.17, 15) is 40.7 Å². The molecule has 45 heavy (non-hydrogen) atoms. The Hall–Kier alpha value is -4.75. The van der Waals surface area contributed by atoms with E-state index in [0.29, 0.717) is 16.8 Å². The van der Waals surface area contributed by atoms with E-state index < -0.39 is 80.2 Å². The number of hydrogen-bond donors (Lipinski definition) is 2. The van der Waals surface area contributed by atoms with E-state index in [4.69, 9.17) is 5.73 Å². The van der Waals surface area contributed by atoms with Crippen molar-refractivity contribution in [2.24, 2.45) is 22.6 Å². The number of aliphatic imine (C=N–C) groups is 1. The number of rotatable bonds is 11. The molecule has 1 aliphatic heterocycles. The summed E-state index contributed by atoms with van der Waals surface area (Å²) in [6.45, 7) is 0. The minimum absolute atomic E-state index is 0.167. The molecule has 0 saturated carbocycles. The van der Waals surface area contributed by atoms with Crippen molar-refractivity contribution in [3.05, 3.63) is 90.1 Å². The highest BCUT2D eigenvalue weighted by Gasteiger charge is 2.40. The number of carbonyl (C=O) groups is 3. The molecule has 1 aromatic heterocycles. The number of pyridine rings is 1. The van der Waals surface area contributed by atoms with Crippen LogP contribution in [0.2, 0.25) is 0 Å². The van der Waals surface area contributed by atoms with E-state index in [1.165, 1.54) is 11.1 Å². The van der Waals surface area contributed by atoms with E-state index in [1.807, 2.05) is 0 Å². The minimum Gasteiger partial charge on any atom is -0.369 e. The molecule has 0 spiro atoms. The Labute approximate surface area is 254 Å². The lowest BCUT2D eigenvalue weighted by atomic mass is 9.83. The average Bonchev–Trinajstić information content (AvgIpc) is 3.10. The van der Waals surface area contributed by atoms with Crippen molar-refractivity contribution in [1.29, 1.82) is 0 Å². The van der Waals surface area contributed by atoms with Crippen LogP contribution < -0.4 is 16.0 Å². The van der Waals surface area contributed by atoms with Gasteiger partial charge >= 0.3 is 12.4 Å². The summed E-state index contributed by atoms with van der Waals surface area (Å²) in [5.74, 6) is -6.52. The van der Waals surface area contributed by atoms with Crippen molar-refractivity contribution in [1.82, 2.24) is 10.3 Å². The molecule has 1 aliphatic rings. The van der Waals surface area contributed by atoms with Crippen LogP contribution in [0.4, 0.5) is 37.8 Å². The molecule has 2 heterocycles. The molecule has 0 radical (unpaired) electrons. The second-order valence-corrected chi connectivity index (χ2v) is 10.4. The first kappa shape index (κ1) is 33.1. The molecule has 2 aromatic carbocycles. The van der Waals surface area contributed by atoms with Crippen LogP contribution in [0.3, 0.4) is 0 Å². The van der Waals surface area contributed by atoms with Crippen LogP contribution in [-0.4, -0.2) is 46.9 Å². The van der Waals surface area contributed by atoms with Gasteiger partial charge in [0.05, 0.1) is 11.4 Å². The summed E-state index contributed by atoms with van der Waals surface area (Å²) in [4.78, 5) is 50.2. The zero-order chi connectivity index (χ0) is 32.8. The highest BCUT2D eigenvalue weighted by atomic mass is 19.4. The van der Waals surface area contributed by atoms with Gasteiger partial charge in [0, 0.05) is 42.0 Å². The fourth-order valence-electron chi connectivity index (χ4n) is 5.15. The maximum atomic E-state index is 14.1. The SMILES string of the molecule is NC(=O)[C@H](CCC(F)(F)F)[C@H](CCCC(F)(F)F)C(=O)N[C@H]1N=C(c2ccccc2)c2ccccc2N(c2ccccn2)C1=O. The third kappa shape index (κ3) is 8.67. The van der Waals surface area contributed by atoms with Gasteiger partial charge in [-0.15, -0.1) is 0 Å². The maximum Gasteiger partial charge on any atom is 0.389 e. The molecule has 4 rings (SSSR count). The fraction of sp³-hybridized carbons (Fsp3) is 0.323. The molecule has 0 fully saturated rings. The normalized spacial score (nSPS) is 16.7. The number of fused-ring (bicyclic) bond motifs is 1. The molecule has 0 saturated heterocycles. The van der Waals surface area contributed by atoms with E-state index in [0.717, 1.165) is 0 Å². The Morgan fingerprint density at radius 1 is 0.844 bits per heavy atom. The molecule has 8 nitrogen and oxygen atoms in total. The highest BCUT2D eigenvalue weighted by molar-refractivity contribution is 6.21. The molecule has 14 heteroatoms. The van der Waals surface area contributed by atoms with Gasteiger partial charge in [-0.2, -0.15) is 26.3 Å². The Kier molecular flexibility index (Phi) is 10.2. The summed E-state index contributed by atoms with van der Waals surface area (Å²) in [7, 11) is 0. The van der Waals surface area contributed by atoms with Crippen LogP contribution in [-0.2, 0) is 14.4 Å². The number of benzene rings is 2. The molecule has 3 amide bonds. The molecule has 0 aliphatic carbocycles. The number of benzodiazepines with no additional fused rings is 1. The lowest BCUT2D eigenvalue weighted by Gasteiger charge is -2.28. The van der Waals surface area contributed by atoms with Crippen molar-refractivity contribution in [2.75, 3.05) is 4.90 Å². The van der Waals surface area contributed by atoms with E-state index >= 15 is 0 Å². The number of amides is 3. The number of nitrogens with two attached hydrogens (primary N) is 1. The first-order valence-electron chi connectivity index (χ1n) is 14.0. The number of hydrogen-bond acceptors (Lipinski definition) is 5. The summed E-state index contributed by atoms with van der Waals surface area (Å²) in [6.07, 6.45) is -14.6. The van der Waals surface area contributed by atoms with Crippen LogP contribution in [0.15, 0.2) is 84.0 Å². The van der Waals surface area contributed by atoms with Crippen molar-refractivity contribution in [2.45, 2.75) is 50.6 Å². The number of alkyl halides is 6. The number of carbonyl (C=O) groups excluding carboxylic acids is 3. The second-order valence-electron chi connectivity index (χ2n) is 10.4. The third-order valence-corrected chi connectivity index (χ3v) is 7.22. The predicted octanol–water partition coefficient (Wildman–Crippen LogP) is 5.83. The van der Waals surface area contributed by atoms with Gasteiger partial charge in [0.2, 0.25) is 18.0 Å². The quantitative estimate of drug-likeness (QED) is 0.258. The summed E-state index contributed by atoms with van der Waals surface area (Å²) in [5.41, 5.74) is 7.07. The lowest BCUT2D eigenvalue weighted by Crippen LogP contribution is -2.50. The number of para-hydroxylation sites is 1. The summed E-state index contributed by atoms with van der Waals surface area (Å²) in [5, 5.41) is 2.41. The Morgan fingerprint density at radius 3 is 2.11 bits per heavy atom. The number of halogens is 6. The van der Waals surface area contributed by atoms with Gasteiger partial charge in [0.1, 0.15) is 5.82 Å². The molecular weight excluding hydrogens is 604 g/mol. The summed E-state index contributed by atoms with van der Waals surface area (Å²) >= 11 is 0. The zero-order valence-corrected chi connectivity index (χ0v) is 23.7. The van der Waals surface area contributed by atoms with Crippen LogP contribution in [0.25, 0.3) is 0 Å². The molecule has 0 unspecified atom stereocenters. The molecule has 3 aromatic rings. The Bertz CT molecular complexity index is 1530. The van der Waals surface area contributed by atoms with E-state index in [-0.39, 0.29) is 11.5 Å². The van der Waals surface area contributed by atoms with Crippen molar-refractivity contribution in [3.8, 4) is 0 Å². The number of nitrogens with zero attached hydrogens (tertiary/aromatic N) is 3. The van der Waals surface area contributed by atoms with E-state index in [1.54, 1.807) is 72.8 Å².